The van der Waals surface area contributed by atoms with Crippen LogP contribution in [-0.4, -0.2) is 43.0 Å². The number of hydrogen-bond donors (Lipinski definition) is 1. The van der Waals surface area contributed by atoms with Crippen LogP contribution < -0.4 is 10.2 Å². The summed E-state index contributed by atoms with van der Waals surface area (Å²) in [6.45, 7) is 14.4. The summed E-state index contributed by atoms with van der Waals surface area (Å²) in [6.07, 6.45) is 0. The summed E-state index contributed by atoms with van der Waals surface area (Å²) in [5.41, 5.74) is 6.12. The third-order valence-corrected chi connectivity index (χ3v) is 6.00. The molecule has 1 heterocycles. The van der Waals surface area contributed by atoms with Gasteiger partial charge >= 0.3 is 0 Å². The number of nitrogens with one attached hydrogen (secondary N) is 1. The SMILES string of the molecule is Cc1cccc(N2CCN([C@H](C)C(=O)Nc3ccccc3C(C)C)CC2)c1C. The third-order valence-electron chi connectivity index (χ3n) is 6.00. The number of amides is 1. The molecule has 0 spiro atoms. The van der Waals surface area contributed by atoms with Crippen molar-refractivity contribution in [3.05, 3.63) is 59.2 Å². The highest BCUT2D eigenvalue weighted by atomic mass is 16.2. The number of benzene rings is 2. The summed E-state index contributed by atoms with van der Waals surface area (Å²) in [6, 6.07) is 14.5. The maximum atomic E-state index is 12.9. The van der Waals surface area contributed by atoms with E-state index in [2.05, 4.69) is 67.1 Å². The minimum absolute atomic E-state index is 0.0771. The van der Waals surface area contributed by atoms with E-state index in [-0.39, 0.29) is 11.9 Å². The molecule has 0 aliphatic carbocycles. The summed E-state index contributed by atoms with van der Waals surface area (Å²) in [7, 11) is 0. The Hall–Kier alpha value is -2.33. The van der Waals surface area contributed by atoms with E-state index in [1.165, 1.54) is 22.4 Å². The second-order valence-corrected chi connectivity index (χ2v) is 8.15. The van der Waals surface area contributed by atoms with Gasteiger partial charge in [0.2, 0.25) is 5.91 Å². The van der Waals surface area contributed by atoms with Gasteiger partial charge in [-0.25, -0.2) is 0 Å². The third kappa shape index (κ3) is 4.39. The van der Waals surface area contributed by atoms with E-state index in [0.29, 0.717) is 5.92 Å². The largest absolute Gasteiger partial charge is 0.369 e. The van der Waals surface area contributed by atoms with E-state index in [1.54, 1.807) is 0 Å². The van der Waals surface area contributed by atoms with Gasteiger partial charge in [0.1, 0.15) is 0 Å². The number of piperazine rings is 1. The van der Waals surface area contributed by atoms with Crippen LogP contribution >= 0.6 is 0 Å². The number of nitrogens with zero attached hydrogens (tertiary/aromatic N) is 2. The van der Waals surface area contributed by atoms with Gasteiger partial charge in [-0.1, -0.05) is 44.2 Å². The molecule has 1 atom stereocenters. The molecule has 1 amide bonds. The van der Waals surface area contributed by atoms with E-state index in [0.717, 1.165) is 31.9 Å². The Morgan fingerprint density at radius 1 is 0.929 bits per heavy atom. The first-order valence-electron chi connectivity index (χ1n) is 10.3. The normalized spacial score (nSPS) is 16.3. The van der Waals surface area contributed by atoms with Crippen molar-refractivity contribution in [2.24, 2.45) is 0 Å². The Labute approximate surface area is 169 Å². The van der Waals surface area contributed by atoms with Crippen molar-refractivity contribution in [1.29, 1.82) is 0 Å². The Kier molecular flexibility index (Phi) is 6.40. The smallest absolute Gasteiger partial charge is 0.241 e. The second-order valence-electron chi connectivity index (χ2n) is 8.15. The number of hydrogen-bond acceptors (Lipinski definition) is 3. The van der Waals surface area contributed by atoms with E-state index < -0.39 is 0 Å². The predicted molar refractivity (Wildman–Crippen MR) is 118 cm³/mol. The molecule has 1 saturated heterocycles. The van der Waals surface area contributed by atoms with Crippen LogP contribution in [0.5, 0.6) is 0 Å². The molecular formula is C24H33N3O. The van der Waals surface area contributed by atoms with Gasteiger partial charge in [0.15, 0.2) is 0 Å². The molecule has 0 radical (unpaired) electrons. The fourth-order valence-corrected chi connectivity index (χ4v) is 3.95. The van der Waals surface area contributed by atoms with Crippen LogP contribution in [0.15, 0.2) is 42.5 Å². The van der Waals surface area contributed by atoms with Gasteiger partial charge in [-0.2, -0.15) is 0 Å². The molecule has 4 nitrogen and oxygen atoms in total. The van der Waals surface area contributed by atoms with Crippen LogP contribution in [0.1, 0.15) is 43.4 Å². The quantitative estimate of drug-likeness (QED) is 0.826. The molecule has 2 aromatic rings. The summed E-state index contributed by atoms with van der Waals surface area (Å²) in [4.78, 5) is 17.6. The lowest BCUT2D eigenvalue weighted by Crippen LogP contribution is -2.53. The van der Waals surface area contributed by atoms with Crippen LogP contribution in [0.2, 0.25) is 0 Å². The predicted octanol–water partition coefficient (Wildman–Crippen LogP) is 4.58. The van der Waals surface area contributed by atoms with E-state index >= 15 is 0 Å². The van der Waals surface area contributed by atoms with Crippen molar-refractivity contribution in [2.75, 3.05) is 36.4 Å². The van der Waals surface area contributed by atoms with E-state index in [1.807, 2.05) is 25.1 Å². The van der Waals surface area contributed by atoms with Crippen molar-refractivity contribution < 1.29 is 4.79 Å². The number of rotatable bonds is 5. The first-order chi connectivity index (χ1) is 13.4. The minimum atomic E-state index is -0.138. The van der Waals surface area contributed by atoms with E-state index in [9.17, 15) is 4.79 Å². The first kappa shape index (κ1) is 20.4. The minimum Gasteiger partial charge on any atom is -0.369 e. The van der Waals surface area contributed by atoms with Crippen molar-refractivity contribution in [3.63, 3.8) is 0 Å². The zero-order valence-electron chi connectivity index (χ0n) is 17.8. The average Bonchev–Trinajstić information content (AvgIpc) is 2.70. The molecule has 150 valence electrons. The first-order valence-corrected chi connectivity index (χ1v) is 10.3. The van der Waals surface area contributed by atoms with Gasteiger partial charge in [0.25, 0.3) is 0 Å². The number of para-hydroxylation sites is 1. The van der Waals surface area contributed by atoms with Gasteiger partial charge in [-0.15, -0.1) is 0 Å². The second kappa shape index (κ2) is 8.78. The lowest BCUT2D eigenvalue weighted by Gasteiger charge is -2.39. The monoisotopic (exact) mass is 379 g/mol. The molecule has 0 saturated carbocycles. The topological polar surface area (TPSA) is 35.6 Å². The van der Waals surface area contributed by atoms with Gasteiger partial charge in [0.05, 0.1) is 6.04 Å². The van der Waals surface area contributed by atoms with Crippen LogP contribution in [0.25, 0.3) is 0 Å². The Balaban J connectivity index is 1.61. The lowest BCUT2D eigenvalue weighted by atomic mass is 10.0. The molecule has 28 heavy (non-hydrogen) atoms. The van der Waals surface area contributed by atoms with Crippen molar-refractivity contribution >= 4 is 17.3 Å². The average molecular weight is 380 g/mol. The number of aryl methyl sites for hydroxylation is 1. The highest BCUT2D eigenvalue weighted by Gasteiger charge is 2.26. The molecule has 1 aliphatic heterocycles. The highest BCUT2D eigenvalue weighted by molar-refractivity contribution is 5.95. The molecule has 1 fully saturated rings. The summed E-state index contributed by atoms with van der Waals surface area (Å²) in [5, 5.41) is 3.15. The van der Waals surface area contributed by atoms with Crippen LogP contribution in [0.4, 0.5) is 11.4 Å². The Morgan fingerprint density at radius 3 is 2.29 bits per heavy atom. The Bertz CT molecular complexity index is 822. The molecule has 1 N–H and O–H groups in total. The summed E-state index contributed by atoms with van der Waals surface area (Å²) >= 11 is 0. The molecule has 0 aromatic heterocycles. The maximum absolute atomic E-state index is 12.9. The van der Waals surface area contributed by atoms with Crippen molar-refractivity contribution in [2.45, 2.75) is 46.6 Å². The number of carbonyl (C=O) groups excluding carboxylic acids is 1. The molecule has 1 aliphatic rings. The molecular weight excluding hydrogens is 346 g/mol. The maximum Gasteiger partial charge on any atom is 0.241 e. The summed E-state index contributed by atoms with van der Waals surface area (Å²) < 4.78 is 0. The number of anilines is 2. The van der Waals surface area contributed by atoms with Crippen molar-refractivity contribution in [3.8, 4) is 0 Å². The Morgan fingerprint density at radius 2 is 1.61 bits per heavy atom. The standard InChI is InChI=1S/C24H33N3O/c1-17(2)21-10-6-7-11-22(21)25-24(28)20(5)26-13-15-27(16-14-26)23-12-8-9-18(3)19(23)4/h6-12,17,20H,13-16H2,1-5H3,(H,25,28)/t20-/m1/s1. The molecule has 0 unspecified atom stereocenters. The fourth-order valence-electron chi connectivity index (χ4n) is 3.95. The fraction of sp³-hybridized carbons (Fsp3) is 0.458. The lowest BCUT2D eigenvalue weighted by molar-refractivity contribution is -0.120. The van der Waals surface area contributed by atoms with Crippen LogP contribution in [0.3, 0.4) is 0 Å². The van der Waals surface area contributed by atoms with Crippen LogP contribution in [0, 0.1) is 13.8 Å². The molecule has 3 rings (SSSR count). The highest BCUT2D eigenvalue weighted by Crippen LogP contribution is 2.26. The molecule has 0 bridgehead atoms. The van der Waals surface area contributed by atoms with Crippen molar-refractivity contribution in [1.82, 2.24) is 4.90 Å². The number of carbonyl (C=O) groups is 1. The zero-order valence-corrected chi connectivity index (χ0v) is 17.8. The zero-order chi connectivity index (χ0) is 20.3. The van der Waals surface area contributed by atoms with Gasteiger partial charge in [-0.05, 0) is 55.5 Å². The van der Waals surface area contributed by atoms with E-state index in [4.69, 9.17) is 0 Å². The van der Waals surface area contributed by atoms with Crippen LogP contribution in [-0.2, 0) is 4.79 Å². The molecule has 4 heteroatoms. The summed E-state index contributed by atoms with van der Waals surface area (Å²) in [5.74, 6) is 0.459. The molecule has 2 aromatic carbocycles. The van der Waals surface area contributed by atoms with Gasteiger partial charge < -0.3 is 10.2 Å². The van der Waals surface area contributed by atoms with Gasteiger partial charge in [0, 0.05) is 37.6 Å². The van der Waals surface area contributed by atoms with Gasteiger partial charge in [-0.3, -0.25) is 9.69 Å².